The number of benzene rings is 2. The number of aliphatic hydroxyl groups excluding tert-OH is 1. The molecular formula is C23H25N3O7. The molecule has 2 atom stereocenters. The molecule has 1 N–H and O–H groups in total. The molecule has 3 aromatic rings. The molecule has 2 aliphatic rings. The quantitative estimate of drug-likeness (QED) is 0.571. The minimum Gasteiger partial charge on any atom is -0.493 e. The number of nitrogens with zero attached hydrogens (tertiary/aromatic N) is 3. The third-order valence-corrected chi connectivity index (χ3v) is 5.90. The Bertz CT molecular complexity index is 1150. The fraction of sp³-hybridized carbons (Fsp3) is 0.391. The minimum absolute atomic E-state index is 0.199. The summed E-state index contributed by atoms with van der Waals surface area (Å²) in [7, 11) is 4.74. The van der Waals surface area contributed by atoms with Gasteiger partial charge in [-0.1, -0.05) is 11.2 Å². The molecule has 10 nitrogen and oxygen atoms in total. The van der Waals surface area contributed by atoms with Crippen molar-refractivity contribution in [1.29, 1.82) is 0 Å². The second-order valence-corrected chi connectivity index (χ2v) is 7.85. The fourth-order valence-corrected chi connectivity index (χ4v) is 4.34. The van der Waals surface area contributed by atoms with Gasteiger partial charge in [0.1, 0.15) is 0 Å². The van der Waals surface area contributed by atoms with Crippen molar-refractivity contribution >= 4 is 0 Å². The Labute approximate surface area is 190 Å². The lowest BCUT2D eigenvalue weighted by Gasteiger charge is -2.23. The molecule has 0 bridgehead atoms. The monoisotopic (exact) mass is 455 g/mol. The predicted molar refractivity (Wildman–Crippen MR) is 116 cm³/mol. The number of fused-ring (bicyclic) bond motifs is 1. The number of β-amino-alcohol motifs (C(OH)–C–C–N with tert-alkyl or cyclic N) is 1. The summed E-state index contributed by atoms with van der Waals surface area (Å²) in [5, 5.41) is 14.6. The number of likely N-dealkylation sites (tertiary alicyclic amines) is 1. The number of rotatable bonds is 7. The van der Waals surface area contributed by atoms with E-state index >= 15 is 0 Å². The van der Waals surface area contributed by atoms with Gasteiger partial charge in [0, 0.05) is 24.2 Å². The Morgan fingerprint density at radius 3 is 2.64 bits per heavy atom. The molecule has 1 fully saturated rings. The van der Waals surface area contributed by atoms with Gasteiger partial charge in [0.2, 0.25) is 24.3 Å². The number of aliphatic hydroxyl groups is 1. The minimum atomic E-state index is -0.512. The van der Waals surface area contributed by atoms with E-state index in [1.807, 2.05) is 30.3 Å². The van der Waals surface area contributed by atoms with E-state index in [2.05, 4.69) is 15.0 Å². The van der Waals surface area contributed by atoms with Gasteiger partial charge in [0.25, 0.3) is 0 Å². The molecule has 5 rings (SSSR count). The molecule has 0 amide bonds. The molecular weight excluding hydrogens is 430 g/mol. The number of ether oxygens (including phenoxy) is 5. The molecule has 1 aromatic heterocycles. The number of hydrogen-bond donors (Lipinski definition) is 1. The average Bonchev–Trinajstić information content (AvgIpc) is 3.57. The highest BCUT2D eigenvalue weighted by Crippen LogP contribution is 2.42. The van der Waals surface area contributed by atoms with Crippen LogP contribution in [0.25, 0.3) is 11.4 Å². The SMILES string of the molecule is COc1ccc(CN2CC(O)CC2c2nc(-c3ccc4c(c3)OCO4)no2)c(OC)c1OC. The first-order chi connectivity index (χ1) is 16.1. The van der Waals surface area contributed by atoms with Crippen LogP contribution in [0.3, 0.4) is 0 Å². The summed E-state index contributed by atoms with van der Waals surface area (Å²) in [5.74, 6) is 3.93. The van der Waals surface area contributed by atoms with E-state index in [9.17, 15) is 5.11 Å². The Morgan fingerprint density at radius 1 is 1.03 bits per heavy atom. The molecule has 3 heterocycles. The van der Waals surface area contributed by atoms with Crippen LogP contribution in [0.5, 0.6) is 28.7 Å². The van der Waals surface area contributed by atoms with Crippen LogP contribution >= 0.6 is 0 Å². The second kappa shape index (κ2) is 8.80. The summed E-state index contributed by atoms with van der Waals surface area (Å²) < 4.78 is 32.9. The molecule has 33 heavy (non-hydrogen) atoms. The number of aromatic nitrogens is 2. The maximum Gasteiger partial charge on any atom is 0.244 e. The van der Waals surface area contributed by atoms with E-state index in [-0.39, 0.29) is 12.8 Å². The van der Waals surface area contributed by atoms with Crippen LogP contribution in [-0.2, 0) is 6.54 Å². The van der Waals surface area contributed by atoms with Gasteiger partial charge in [-0.3, -0.25) is 4.90 Å². The average molecular weight is 455 g/mol. The Balaban J connectivity index is 1.41. The van der Waals surface area contributed by atoms with Gasteiger partial charge >= 0.3 is 0 Å². The molecule has 2 aliphatic heterocycles. The van der Waals surface area contributed by atoms with E-state index in [1.54, 1.807) is 21.3 Å². The van der Waals surface area contributed by atoms with Gasteiger partial charge in [-0.05, 0) is 30.7 Å². The standard InChI is InChI=1S/C23H25N3O7/c1-28-18-7-5-14(20(29-2)21(18)30-3)10-26-11-15(27)9-16(26)23-24-22(25-33-23)13-4-6-17-19(8-13)32-12-31-17/h4-8,15-16,27H,9-12H2,1-3H3. The van der Waals surface area contributed by atoms with Crippen molar-refractivity contribution in [1.82, 2.24) is 15.0 Å². The zero-order valence-electron chi connectivity index (χ0n) is 18.6. The summed E-state index contributed by atoms with van der Waals surface area (Å²) in [5.41, 5.74) is 1.66. The summed E-state index contributed by atoms with van der Waals surface area (Å²) in [6, 6.07) is 9.03. The van der Waals surface area contributed by atoms with Gasteiger partial charge in [-0.2, -0.15) is 4.98 Å². The Kier molecular flexibility index (Phi) is 5.69. The molecule has 0 radical (unpaired) electrons. The van der Waals surface area contributed by atoms with E-state index in [0.717, 1.165) is 11.1 Å². The van der Waals surface area contributed by atoms with Crippen LogP contribution < -0.4 is 23.7 Å². The van der Waals surface area contributed by atoms with E-state index in [0.29, 0.717) is 60.0 Å². The molecule has 0 saturated carbocycles. The molecule has 174 valence electrons. The van der Waals surface area contributed by atoms with Crippen molar-refractivity contribution in [3.63, 3.8) is 0 Å². The summed E-state index contributed by atoms with van der Waals surface area (Å²) in [6.07, 6.45) is -0.0275. The first-order valence-corrected chi connectivity index (χ1v) is 10.5. The largest absolute Gasteiger partial charge is 0.493 e. The van der Waals surface area contributed by atoms with Crippen LogP contribution in [0.1, 0.15) is 23.9 Å². The molecule has 2 unspecified atom stereocenters. The van der Waals surface area contributed by atoms with Gasteiger partial charge in [-0.25, -0.2) is 0 Å². The Hall–Kier alpha value is -3.50. The third-order valence-electron chi connectivity index (χ3n) is 5.90. The first-order valence-electron chi connectivity index (χ1n) is 10.5. The highest BCUT2D eigenvalue weighted by molar-refractivity contribution is 5.61. The van der Waals surface area contributed by atoms with Crippen molar-refractivity contribution in [3.05, 3.63) is 41.8 Å². The maximum absolute atomic E-state index is 10.4. The topological polar surface area (TPSA) is 109 Å². The van der Waals surface area contributed by atoms with Crippen LogP contribution in [0.2, 0.25) is 0 Å². The zero-order valence-corrected chi connectivity index (χ0v) is 18.6. The Morgan fingerprint density at radius 2 is 1.85 bits per heavy atom. The number of hydrogen-bond acceptors (Lipinski definition) is 10. The summed E-state index contributed by atoms with van der Waals surface area (Å²) in [6.45, 7) is 1.15. The summed E-state index contributed by atoms with van der Waals surface area (Å²) >= 11 is 0. The van der Waals surface area contributed by atoms with Gasteiger partial charge in [-0.15, -0.1) is 0 Å². The van der Waals surface area contributed by atoms with Crippen molar-refractivity contribution in [3.8, 4) is 40.1 Å². The van der Waals surface area contributed by atoms with Crippen LogP contribution in [0.4, 0.5) is 0 Å². The smallest absolute Gasteiger partial charge is 0.244 e. The van der Waals surface area contributed by atoms with Crippen molar-refractivity contribution in [2.75, 3.05) is 34.7 Å². The molecule has 10 heteroatoms. The van der Waals surface area contributed by atoms with Crippen LogP contribution in [0, 0.1) is 0 Å². The summed E-state index contributed by atoms with van der Waals surface area (Å²) in [4.78, 5) is 6.70. The van der Waals surface area contributed by atoms with Gasteiger partial charge < -0.3 is 33.3 Å². The van der Waals surface area contributed by atoms with Crippen molar-refractivity contribution < 1.29 is 33.3 Å². The van der Waals surface area contributed by atoms with E-state index in [1.165, 1.54) is 0 Å². The van der Waals surface area contributed by atoms with Gasteiger partial charge in [0.15, 0.2) is 23.0 Å². The molecule has 0 aliphatic carbocycles. The second-order valence-electron chi connectivity index (χ2n) is 7.85. The van der Waals surface area contributed by atoms with Crippen molar-refractivity contribution in [2.24, 2.45) is 0 Å². The molecule has 1 saturated heterocycles. The lowest BCUT2D eigenvalue weighted by molar-refractivity contribution is 0.168. The van der Waals surface area contributed by atoms with E-state index in [4.69, 9.17) is 28.2 Å². The van der Waals surface area contributed by atoms with E-state index < -0.39 is 6.10 Å². The normalized spacial score (nSPS) is 19.6. The lowest BCUT2D eigenvalue weighted by atomic mass is 10.1. The predicted octanol–water partition coefficient (Wildman–Crippen LogP) is 2.80. The fourth-order valence-electron chi connectivity index (χ4n) is 4.34. The maximum atomic E-state index is 10.4. The molecule has 0 spiro atoms. The zero-order chi connectivity index (χ0) is 22.9. The third kappa shape index (κ3) is 3.91. The van der Waals surface area contributed by atoms with Gasteiger partial charge in [0.05, 0.1) is 33.5 Å². The first kappa shape index (κ1) is 21.4. The van der Waals surface area contributed by atoms with Crippen LogP contribution in [-0.4, -0.2) is 60.9 Å². The lowest BCUT2D eigenvalue weighted by Crippen LogP contribution is -2.25. The molecule has 2 aromatic carbocycles. The number of methoxy groups -OCH3 is 3. The van der Waals surface area contributed by atoms with Crippen LogP contribution in [0.15, 0.2) is 34.9 Å². The highest BCUT2D eigenvalue weighted by Gasteiger charge is 2.37. The van der Waals surface area contributed by atoms with Crippen molar-refractivity contribution in [2.45, 2.75) is 25.1 Å². The highest BCUT2D eigenvalue weighted by atomic mass is 16.7.